The third-order valence-electron chi connectivity index (χ3n) is 2.69. The fraction of sp³-hybridized carbons (Fsp3) is 0.333. The standard InChI is InChI=1S/C12H13IN2O4/c13-7-1-2-9(8(5-7)12(17)18)15-11(16)10-6-14-3-4-19-10/h1-2,5,10,14H,3-4,6H2,(H,15,16)(H,17,18). The fourth-order valence-corrected chi connectivity index (χ4v) is 2.24. The zero-order valence-corrected chi connectivity index (χ0v) is 12.1. The van der Waals surface area contributed by atoms with Gasteiger partial charge < -0.3 is 20.5 Å². The molecule has 1 heterocycles. The van der Waals surface area contributed by atoms with Crippen molar-refractivity contribution in [2.75, 3.05) is 25.0 Å². The summed E-state index contributed by atoms with van der Waals surface area (Å²) < 4.78 is 6.11. The minimum Gasteiger partial charge on any atom is -0.478 e. The highest BCUT2D eigenvalue weighted by molar-refractivity contribution is 14.1. The Hall–Kier alpha value is -1.19. The maximum Gasteiger partial charge on any atom is 0.337 e. The van der Waals surface area contributed by atoms with Crippen LogP contribution in [0.25, 0.3) is 0 Å². The van der Waals surface area contributed by atoms with Crippen LogP contribution < -0.4 is 10.6 Å². The highest BCUT2D eigenvalue weighted by Crippen LogP contribution is 2.19. The number of carboxylic acids is 1. The normalized spacial score (nSPS) is 18.9. The molecule has 1 saturated heterocycles. The van der Waals surface area contributed by atoms with Crippen LogP contribution in [0.15, 0.2) is 18.2 Å². The Morgan fingerprint density at radius 1 is 1.47 bits per heavy atom. The molecular formula is C12H13IN2O4. The average Bonchev–Trinajstić information content (AvgIpc) is 2.41. The van der Waals surface area contributed by atoms with Crippen molar-refractivity contribution in [2.45, 2.75) is 6.10 Å². The van der Waals surface area contributed by atoms with Crippen LogP contribution in [0, 0.1) is 3.57 Å². The lowest BCUT2D eigenvalue weighted by Crippen LogP contribution is -2.45. The molecule has 6 nitrogen and oxygen atoms in total. The summed E-state index contributed by atoms with van der Waals surface area (Å²) in [7, 11) is 0. The number of carbonyl (C=O) groups is 2. The number of carbonyl (C=O) groups excluding carboxylic acids is 1. The van der Waals surface area contributed by atoms with Crippen LogP contribution in [-0.4, -0.2) is 42.8 Å². The number of hydrogen-bond donors (Lipinski definition) is 3. The van der Waals surface area contributed by atoms with E-state index in [-0.39, 0.29) is 17.2 Å². The van der Waals surface area contributed by atoms with E-state index in [9.17, 15) is 9.59 Å². The number of halogens is 1. The predicted octanol–water partition coefficient (Wildman–Crippen LogP) is 0.916. The molecule has 0 spiro atoms. The number of nitrogens with one attached hydrogen (secondary N) is 2. The smallest absolute Gasteiger partial charge is 0.337 e. The molecule has 0 bridgehead atoms. The molecule has 0 saturated carbocycles. The Balaban J connectivity index is 2.13. The largest absolute Gasteiger partial charge is 0.478 e. The highest BCUT2D eigenvalue weighted by Gasteiger charge is 2.23. The van der Waals surface area contributed by atoms with Gasteiger partial charge in [0, 0.05) is 16.7 Å². The minimum absolute atomic E-state index is 0.0732. The second-order valence-electron chi connectivity index (χ2n) is 4.05. The average molecular weight is 376 g/mol. The van der Waals surface area contributed by atoms with Gasteiger partial charge in [-0.15, -0.1) is 0 Å². The lowest BCUT2D eigenvalue weighted by molar-refractivity contribution is -0.128. The van der Waals surface area contributed by atoms with E-state index in [0.29, 0.717) is 19.7 Å². The quantitative estimate of drug-likeness (QED) is 0.683. The number of aromatic carboxylic acids is 1. The number of hydrogen-bond acceptors (Lipinski definition) is 4. The summed E-state index contributed by atoms with van der Waals surface area (Å²) in [5, 5.41) is 14.8. The molecule has 1 fully saturated rings. The van der Waals surface area contributed by atoms with Crippen molar-refractivity contribution in [1.29, 1.82) is 0 Å². The molecule has 1 aromatic carbocycles. The van der Waals surface area contributed by atoms with Crippen LogP contribution in [0.4, 0.5) is 5.69 Å². The summed E-state index contributed by atoms with van der Waals surface area (Å²) in [6, 6.07) is 4.83. The maximum absolute atomic E-state index is 12.0. The van der Waals surface area contributed by atoms with E-state index in [1.807, 2.05) is 22.6 Å². The van der Waals surface area contributed by atoms with E-state index in [1.165, 1.54) is 6.07 Å². The number of rotatable bonds is 3. The first-order chi connectivity index (χ1) is 9.08. The van der Waals surface area contributed by atoms with Gasteiger partial charge in [-0.1, -0.05) is 0 Å². The molecular weight excluding hydrogens is 363 g/mol. The molecule has 0 aromatic heterocycles. The van der Waals surface area contributed by atoms with Gasteiger partial charge in [0.15, 0.2) is 0 Å². The Kier molecular flexibility index (Phi) is 4.72. The topological polar surface area (TPSA) is 87.7 Å². The summed E-state index contributed by atoms with van der Waals surface area (Å²) in [6.07, 6.45) is -0.588. The minimum atomic E-state index is -1.07. The molecule has 102 valence electrons. The SMILES string of the molecule is O=C(O)c1cc(I)ccc1NC(=O)C1CNCCO1. The second-order valence-corrected chi connectivity index (χ2v) is 5.29. The van der Waals surface area contributed by atoms with Crippen LogP contribution in [-0.2, 0) is 9.53 Å². The molecule has 1 aliphatic rings. The van der Waals surface area contributed by atoms with E-state index in [1.54, 1.807) is 12.1 Å². The lowest BCUT2D eigenvalue weighted by Gasteiger charge is -2.23. The molecule has 1 unspecified atom stereocenters. The van der Waals surface area contributed by atoms with Crippen LogP contribution in [0.2, 0.25) is 0 Å². The molecule has 7 heteroatoms. The van der Waals surface area contributed by atoms with Gasteiger partial charge in [-0.2, -0.15) is 0 Å². The van der Waals surface area contributed by atoms with Crippen LogP contribution in [0.5, 0.6) is 0 Å². The number of benzene rings is 1. The number of ether oxygens (including phenoxy) is 1. The molecule has 1 atom stereocenters. The Bertz CT molecular complexity index is 501. The van der Waals surface area contributed by atoms with E-state index in [0.717, 1.165) is 3.57 Å². The monoisotopic (exact) mass is 376 g/mol. The van der Waals surface area contributed by atoms with Crippen molar-refractivity contribution in [1.82, 2.24) is 5.32 Å². The first kappa shape index (κ1) is 14.2. The molecule has 0 aliphatic carbocycles. The van der Waals surface area contributed by atoms with Crippen molar-refractivity contribution < 1.29 is 19.4 Å². The number of amides is 1. The van der Waals surface area contributed by atoms with Crippen LogP contribution in [0.1, 0.15) is 10.4 Å². The van der Waals surface area contributed by atoms with E-state index in [4.69, 9.17) is 9.84 Å². The van der Waals surface area contributed by atoms with E-state index in [2.05, 4.69) is 10.6 Å². The lowest BCUT2D eigenvalue weighted by atomic mass is 10.1. The van der Waals surface area contributed by atoms with Crippen molar-refractivity contribution >= 4 is 40.2 Å². The first-order valence-electron chi connectivity index (χ1n) is 5.74. The third-order valence-corrected chi connectivity index (χ3v) is 3.36. The molecule has 1 aromatic rings. The summed E-state index contributed by atoms with van der Waals surface area (Å²) in [5.74, 6) is -1.41. The van der Waals surface area contributed by atoms with E-state index < -0.39 is 12.1 Å². The number of carboxylic acid groups (broad SMARTS) is 1. The van der Waals surface area contributed by atoms with Crippen LogP contribution >= 0.6 is 22.6 Å². The van der Waals surface area contributed by atoms with Gasteiger partial charge in [-0.3, -0.25) is 4.79 Å². The number of morpholine rings is 1. The molecule has 3 N–H and O–H groups in total. The summed E-state index contributed by atoms with van der Waals surface area (Å²) in [6.45, 7) is 1.61. The molecule has 0 radical (unpaired) electrons. The van der Waals surface area contributed by atoms with Gasteiger partial charge in [0.2, 0.25) is 0 Å². The number of anilines is 1. The van der Waals surface area contributed by atoms with Gasteiger partial charge in [0.05, 0.1) is 17.9 Å². The molecule has 19 heavy (non-hydrogen) atoms. The van der Waals surface area contributed by atoms with Crippen molar-refractivity contribution in [3.05, 3.63) is 27.3 Å². The summed E-state index contributed by atoms with van der Waals surface area (Å²) in [5.41, 5.74) is 0.358. The van der Waals surface area contributed by atoms with Gasteiger partial charge in [0.1, 0.15) is 6.10 Å². The highest BCUT2D eigenvalue weighted by atomic mass is 127. The Labute approximate surface area is 123 Å². The van der Waals surface area contributed by atoms with Crippen molar-refractivity contribution in [3.8, 4) is 0 Å². The van der Waals surface area contributed by atoms with Gasteiger partial charge in [-0.25, -0.2) is 4.79 Å². The third kappa shape index (κ3) is 3.64. The second kappa shape index (κ2) is 6.31. The first-order valence-corrected chi connectivity index (χ1v) is 6.82. The predicted molar refractivity (Wildman–Crippen MR) is 77.4 cm³/mol. The zero-order valence-electron chi connectivity index (χ0n) is 9.98. The van der Waals surface area contributed by atoms with Gasteiger partial charge in [-0.05, 0) is 40.8 Å². The fourth-order valence-electron chi connectivity index (χ4n) is 1.75. The Morgan fingerprint density at radius 2 is 2.26 bits per heavy atom. The summed E-state index contributed by atoms with van der Waals surface area (Å²) in [4.78, 5) is 23.1. The molecule has 1 aliphatic heterocycles. The van der Waals surface area contributed by atoms with E-state index >= 15 is 0 Å². The van der Waals surface area contributed by atoms with Gasteiger partial charge >= 0.3 is 5.97 Å². The van der Waals surface area contributed by atoms with Crippen molar-refractivity contribution in [2.24, 2.45) is 0 Å². The zero-order chi connectivity index (χ0) is 13.8. The summed E-state index contributed by atoms with van der Waals surface area (Å²) >= 11 is 2.02. The van der Waals surface area contributed by atoms with Crippen molar-refractivity contribution in [3.63, 3.8) is 0 Å². The molecule has 2 rings (SSSR count). The van der Waals surface area contributed by atoms with Crippen LogP contribution in [0.3, 0.4) is 0 Å². The van der Waals surface area contributed by atoms with Gasteiger partial charge in [0.25, 0.3) is 5.91 Å². The molecule has 1 amide bonds. The maximum atomic E-state index is 12.0. The Morgan fingerprint density at radius 3 is 2.89 bits per heavy atom.